The topological polar surface area (TPSA) is 83.1 Å². The summed E-state index contributed by atoms with van der Waals surface area (Å²) < 4.78 is 11.1. The number of piperidine rings is 4. The first-order valence-corrected chi connectivity index (χ1v) is 14.2. The Bertz CT molecular complexity index is 793. The summed E-state index contributed by atoms with van der Waals surface area (Å²) >= 11 is 0. The van der Waals surface area contributed by atoms with Crippen LogP contribution in [0.15, 0.2) is 0 Å². The summed E-state index contributed by atoms with van der Waals surface area (Å²) in [7, 11) is 0. The number of ether oxygens (including phenoxy) is 2. The molecule has 10 atom stereocenters. The molecule has 0 spiro atoms. The van der Waals surface area contributed by atoms with Gasteiger partial charge in [-0.1, -0.05) is 13.8 Å². The van der Waals surface area contributed by atoms with Crippen molar-refractivity contribution in [2.24, 2.45) is 23.7 Å². The Morgan fingerprint density at radius 1 is 0.639 bits per heavy atom. The summed E-state index contributed by atoms with van der Waals surface area (Å²) in [5.74, 6) is 2.60. The molecule has 0 aliphatic carbocycles. The van der Waals surface area contributed by atoms with Crippen LogP contribution in [0, 0.1) is 23.7 Å². The Labute approximate surface area is 217 Å². The summed E-state index contributed by atoms with van der Waals surface area (Å²) in [4.78, 5) is 28.8. The molecule has 6 heterocycles. The van der Waals surface area contributed by atoms with Crippen molar-refractivity contribution in [1.29, 1.82) is 0 Å². The number of amides is 2. The van der Waals surface area contributed by atoms with E-state index in [1.165, 1.54) is 0 Å². The molecule has 6 aliphatic rings. The highest BCUT2D eigenvalue weighted by Gasteiger charge is 2.57. The molecule has 204 valence electrons. The van der Waals surface area contributed by atoms with Crippen LogP contribution in [0.5, 0.6) is 0 Å². The lowest BCUT2D eigenvalue weighted by Gasteiger charge is -2.43. The molecule has 0 aromatic heterocycles. The maximum absolute atomic E-state index is 12.4. The van der Waals surface area contributed by atoms with Crippen LogP contribution in [0.1, 0.15) is 81.1 Å². The predicted octanol–water partition coefficient (Wildman–Crippen LogP) is 3.98. The molecule has 0 aromatic carbocycles. The largest absolute Gasteiger partial charge is 0.444 e. The van der Waals surface area contributed by atoms with Gasteiger partial charge >= 0.3 is 12.2 Å². The smallest absolute Gasteiger partial charge is 0.410 e. The van der Waals surface area contributed by atoms with Crippen LogP contribution < -0.4 is 10.6 Å². The molecule has 0 unspecified atom stereocenters. The van der Waals surface area contributed by atoms with Crippen molar-refractivity contribution in [1.82, 2.24) is 20.4 Å². The van der Waals surface area contributed by atoms with E-state index in [9.17, 15) is 9.59 Å². The van der Waals surface area contributed by atoms with Crippen molar-refractivity contribution >= 4 is 12.2 Å². The van der Waals surface area contributed by atoms with E-state index in [-0.39, 0.29) is 12.2 Å². The number of hydrogen-bond donors (Lipinski definition) is 2. The molecule has 0 radical (unpaired) electrons. The number of fused-ring (bicyclic) bond motifs is 4. The van der Waals surface area contributed by atoms with E-state index < -0.39 is 11.2 Å². The van der Waals surface area contributed by atoms with Gasteiger partial charge in [0.05, 0.1) is 12.1 Å². The average Bonchev–Trinajstić information content (AvgIpc) is 2.90. The highest BCUT2D eigenvalue weighted by molar-refractivity contribution is 5.70. The van der Waals surface area contributed by atoms with Crippen molar-refractivity contribution in [2.45, 2.75) is 129 Å². The molecule has 6 rings (SSSR count). The van der Waals surface area contributed by atoms with Crippen LogP contribution in [0.25, 0.3) is 0 Å². The average molecular weight is 505 g/mol. The fraction of sp³-hybridized carbons (Fsp3) is 0.929. The van der Waals surface area contributed by atoms with Gasteiger partial charge in [-0.15, -0.1) is 0 Å². The van der Waals surface area contributed by atoms with Crippen molar-refractivity contribution in [2.75, 3.05) is 13.1 Å². The van der Waals surface area contributed by atoms with Gasteiger partial charge in [-0.25, -0.2) is 9.59 Å². The molecular formula is C28H48N4O4. The van der Waals surface area contributed by atoms with Crippen LogP contribution in [-0.4, -0.2) is 82.5 Å². The first kappa shape index (κ1) is 26.1. The highest BCUT2D eigenvalue weighted by Crippen LogP contribution is 2.46. The quantitative estimate of drug-likeness (QED) is 0.519. The third-order valence-corrected chi connectivity index (χ3v) is 9.40. The molecule has 8 heteroatoms. The van der Waals surface area contributed by atoms with Gasteiger partial charge < -0.3 is 29.9 Å². The molecule has 2 N–H and O–H groups in total. The van der Waals surface area contributed by atoms with Crippen molar-refractivity contribution in [3.63, 3.8) is 0 Å². The Balaban J connectivity index is 0.000000148. The van der Waals surface area contributed by atoms with Gasteiger partial charge in [0, 0.05) is 24.2 Å². The van der Waals surface area contributed by atoms with Gasteiger partial charge in [-0.2, -0.15) is 0 Å². The summed E-state index contributed by atoms with van der Waals surface area (Å²) in [6, 6.07) is 2.41. The van der Waals surface area contributed by atoms with Crippen molar-refractivity contribution < 1.29 is 19.1 Å². The molecule has 2 amide bonds. The fourth-order valence-electron chi connectivity index (χ4n) is 8.01. The molecule has 6 fully saturated rings. The minimum Gasteiger partial charge on any atom is -0.444 e. The van der Waals surface area contributed by atoms with Crippen LogP contribution >= 0.6 is 0 Å². The SMILES string of the molecule is C[C@@H]1[C@H]2NC[C@@H]3C[C@H]2N(C(=O)OC(C)(C)C)[C@H]1C3.C[C@H]1[C@H]2NC[C@@H]3C[C@H]1N(C(=O)OC(C)(C)C)[C@H]2C3. The minimum absolute atomic E-state index is 0.117. The molecule has 6 bridgehead atoms. The van der Waals surface area contributed by atoms with Gasteiger partial charge in [0.15, 0.2) is 0 Å². The second-order valence-electron chi connectivity index (χ2n) is 14.3. The zero-order valence-corrected chi connectivity index (χ0v) is 23.5. The van der Waals surface area contributed by atoms with E-state index in [4.69, 9.17) is 9.47 Å². The maximum Gasteiger partial charge on any atom is 0.410 e. The molecule has 6 saturated heterocycles. The minimum atomic E-state index is -0.399. The van der Waals surface area contributed by atoms with E-state index >= 15 is 0 Å². The number of carbonyl (C=O) groups is 2. The molecule has 6 aliphatic heterocycles. The van der Waals surface area contributed by atoms with E-state index in [2.05, 4.69) is 24.5 Å². The van der Waals surface area contributed by atoms with E-state index in [1.807, 2.05) is 51.3 Å². The summed E-state index contributed by atoms with van der Waals surface area (Å²) in [6.45, 7) is 18.4. The van der Waals surface area contributed by atoms with Crippen LogP contribution in [0.4, 0.5) is 9.59 Å². The Morgan fingerprint density at radius 3 is 1.31 bits per heavy atom. The third-order valence-electron chi connectivity index (χ3n) is 9.40. The van der Waals surface area contributed by atoms with E-state index in [0.717, 1.165) is 50.6 Å². The molecule has 8 nitrogen and oxygen atoms in total. The van der Waals surface area contributed by atoms with E-state index in [0.29, 0.717) is 48.1 Å². The normalized spacial score (nSPS) is 42.2. The Kier molecular flexibility index (Phi) is 6.55. The Morgan fingerprint density at radius 2 is 0.972 bits per heavy atom. The summed E-state index contributed by atoms with van der Waals surface area (Å²) in [6.07, 6.45) is 4.35. The summed E-state index contributed by atoms with van der Waals surface area (Å²) in [5, 5.41) is 7.24. The predicted molar refractivity (Wildman–Crippen MR) is 139 cm³/mol. The van der Waals surface area contributed by atoms with Gasteiger partial charge in [-0.3, -0.25) is 0 Å². The molecule has 36 heavy (non-hydrogen) atoms. The van der Waals surface area contributed by atoms with Crippen molar-refractivity contribution in [3.05, 3.63) is 0 Å². The highest BCUT2D eigenvalue weighted by atomic mass is 16.6. The van der Waals surface area contributed by atoms with Crippen molar-refractivity contribution in [3.8, 4) is 0 Å². The monoisotopic (exact) mass is 504 g/mol. The zero-order chi connectivity index (χ0) is 26.2. The van der Waals surface area contributed by atoms with Gasteiger partial charge in [0.1, 0.15) is 11.2 Å². The standard InChI is InChI=1S/2C14H24N2O2/c2*1-8-10-5-9-6-11(12(8)15-7-9)16(10)13(17)18-14(2,3)4/h2*8-12,15H,5-7H2,1-4H3/t8-,9-,10-,11+,12+;8-,9-,10-,11+,12-/m01/s1. The number of carbonyl (C=O) groups excluding carboxylic acids is 2. The van der Waals surface area contributed by atoms with E-state index in [1.54, 1.807) is 0 Å². The first-order chi connectivity index (χ1) is 16.7. The number of nitrogens with zero attached hydrogens (tertiary/aromatic N) is 2. The Hall–Kier alpha value is -1.54. The van der Waals surface area contributed by atoms with Crippen LogP contribution in [0.2, 0.25) is 0 Å². The third kappa shape index (κ3) is 4.72. The lowest BCUT2D eigenvalue weighted by molar-refractivity contribution is -0.00524. The van der Waals surface area contributed by atoms with Crippen LogP contribution in [-0.2, 0) is 9.47 Å². The second kappa shape index (κ2) is 9.04. The molecule has 0 saturated carbocycles. The lowest BCUT2D eigenvalue weighted by atomic mass is 9.88. The zero-order valence-electron chi connectivity index (χ0n) is 23.5. The van der Waals surface area contributed by atoms with Crippen LogP contribution in [0.3, 0.4) is 0 Å². The lowest BCUT2D eigenvalue weighted by Crippen LogP contribution is -2.56. The van der Waals surface area contributed by atoms with Gasteiger partial charge in [-0.05, 0) is 104 Å². The number of hydrogen-bond acceptors (Lipinski definition) is 6. The van der Waals surface area contributed by atoms with Gasteiger partial charge in [0.2, 0.25) is 0 Å². The molecular weight excluding hydrogens is 456 g/mol. The first-order valence-electron chi connectivity index (χ1n) is 14.2. The number of nitrogens with one attached hydrogen (secondary N) is 2. The number of rotatable bonds is 0. The molecule has 0 aromatic rings. The maximum atomic E-state index is 12.4. The second-order valence-corrected chi connectivity index (χ2v) is 14.3. The fourth-order valence-corrected chi connectivity index (χ4v) is 8.01. The van der Waals surface area contributed by atoms with Gasteiger partial charge in [0.25, 0.3) is 0 Å². The summed E-state index contributed by atoms with van der Waals surface area (Å²) in [5.41, 5.74) is -0.798.